The van der Waals surface area contributed by atoms with Gasteiger partial charge in [0, 0.05) is 25.5 Å². The van der Waals surface area contributed by atoms with E-state index in [-0.39, 0.29) is 5.82 Å². The molecule has 0 bridgehead atoms. The summed E-state index contributed by atoms with van der Waals surface area (Å²) in [6.45, 7) is 6.60. The highest BCUT2D eigenvalue weighted by atomic mass is 19.1. The van der Waals surface area contributed by atoms with Crippen LogP contribution in [0.1, 0.15) is 36.8 Å². The van der Waals surface area contributed by atoms with Crippen LogP contribution in [0.5, 0.6) is 0 Å². The largest absolute Gasteiger partial charge is 0.299 e. The molecule has 4 heteroatoms. The first-order chi connectivity index (χ1) is 12.7. The summed E-state index contributed by atoms with van der Waals surface area (Å²) in [4.78, 5) is 9.18. The topological polar surface area (TPSA) is 19.4 Å². The number of aromatic nitrogens is 1. The standard InChI is InChI=1S/C22H28FN3/c23-21-3-1-2-20(16-21)18-26-14-8-22(9-15-26)6-12-25(13-7-22)17-19-4-10-24-11-5-19/h1-5,10-11,16H,6-9,12-15,17-18H2. The number of nitrogens with zero attached hydrogens (tertiary/aromatic N) is 3. The van der Waals surface area contributed by atoms with Crippen molar-refractivity contribution in [3.05, 3.63) is 65.7 Å². The average Bonchev–Trinajstić information content (AvgIpc) is 2.67. The number of piperidine rings is 2. The van der Waals surface area contributed by atoms with E-state index in [2.05, 4.69) is 26.9 Å². The molecule has 2 aromatic rings. The van der Waals surface area contributed by atoms with Crippen LogP contribution < -0.4 is 0 Å². The van der Waals surface area contributed by atoms with Crippen molar-refractivity contribution in [2.24, 2.45) is 5.41 Å². The van der Waals surface area contributed by atoms with Crippen molar-refractivity contribution in [1.82, 2.24) is 14.8 Å². The van der Waals surface area contributed by atoms with Gasteiger partial charge in [0.25, 0.3) is 0 Å². The molecule has 3 nitrogen and oxygen atoms in total. The molecule has 0 atom stereocenters. The third-order valence-electron chi connectivity index (χ3n) is 6.28. The average molecular weight is 353 g/mol. The first-order valence-electron chi connectivity index (χ1n) is 9.79. The Hall–Kier alpha value is -1.78. The summed E-state index contributed by atoms with van der Waals surface area (Å²) in [6.07, 6.45) is 8.96. The molecule has 2 aliphatic heterocycles. The molecule has 2 aliphatic rings. The Balaban J connectivity index is 1.26. The van der Waals surface area contributed by atoms with E-state index in [0.29, 0.717) is 5.41 Å². The normalized spacial score (nSPS) is 21.1. The zero-order chi connectivity index (χ0) is 17.8. The van der Waals surface area contributed by atoms with Crippen LogP contribution in [0.4, 0.5) is 4.39 Å². The van der Waals surface area contributed by atoms with Gasteiger partial charge in [0.15, 0.2) is 0 Å². The second-order valence-corrected chi connectivity index (χ2v) is 8.04. The van der Waals surface area contributed by atoms with Crippen LogP contribution in [-0.2, 0) is 13.1 Å². The van der Waals surface area contributed by atoms with Gasteiger partial charge in [-0.3, -0.25) is 14.8 Å². The van der Waals surface area contributed by atoms with E-state index in [1.807, 2.05) is 24.5 Å². The maximum Gasteiger partial charge on any atom is 0.123 e. The smallest absolute Gasteiger partial charge is 0.123 e. The molecule has 1 aromatic heterocycles. The van der Waals surface area contributed by atoms with Gasteiger partial charge in [-0.25, -0.2) is 4.39 Å². The van der Waals surface area contributed by atoms with Crippen molar-refractivity contribution in [3.8, 4) is 0 Å². The first kappa shape index (κ1) is 17.6. The zero-order valence-corrected chi connectivity index (χ0v) is 15.4. The fourth-order valence-electron chi connectivity index (χ4n) is 4.51. The first-order valence-corrected chi connectivity index (χ1v) is 9.79. The number of benzene rings is 1. The van der Waals surface area contributed by atoms with Gasteiger partial charge >= 0.3 is 0 Å². The van der Waals surface area contributed by atoms with Crippen LogP contribution in [0.2, 0.25) is 0 Å². The van der Waals surface area contributed by atoms with E-state index >= 15 is 0 Å². The minimum absolute atomic E-state index is 0.127. The molecular formula is C22H28FN3. The summed E-state index contributed by atoms with van der Waals surface area (Å²) in [7, 11) is 0. The number of pyridine rings is 1. The fourth-order valence-corrected chi connectivity index (χ4v) is 4.51. The van der Waals surface area contributed by atoms with Crippen LogP contribution in [0.3, 0.4) is 0 Å². The molecule has 3 heterocycles. The van der Waals surface area contributed by atoms with Crippen LogP contribution in [0, 0.1) is 11.2 Å². The maximum absolute atomic E-state index is 13.4. The molecule has 2 fully saturated rings. The lowest BCUT2D eigenvalue weighted by molar-refractivity contribution is 0.0299. The third kappa shape index (κ3) is 4.30. The van der Waals surface area contributed by atoms with Crippen molar-refractivity contribution in [2.75, 3.05) is 26.2 Å². The van der Waals surface area contributed by atoms with Gasteiger partial charge in [-0.15, -0.1) is 0 Å². The summed E-state index contributed by atoms with van der Waals surface area (Å²) in [5, 5.41) is 0. The highest BCUT2D eigenvalue weighted by Gasteiger charge is 2.37. The van der Waals surface area contributed by atoms with Gasteiger partial charge in [0.2, 0.25) is 0 Å². The van der Waals surface area contributed by atoms with Crippen LogP contribution in [0.25, 0.3) is 0 Å². The van der Waals surface area contributed by atoms with E-state index < -0.39 is 0 Å². The summed E-state index contributed by atoms with van der Waals surface area (Å²) in [6, 6.07) is 11.3. The van der Waals surface area contributed by atoms with Crippen molar-refractivity contribution in [3.63, 3.8) is 0 Å². The summed E-state index contributed by atoms with van der Waals surface area (Å²) < 4.78 is 13.4. The summed E-state index contributed by atoms with van der Waals surface area (Å²) in [5.74, 6) is -0.127. The van der Waals surface area contributed by atoms with E-state index in [9.17, 15) is 4.39 Å². The van der Waals surface area contributed by atoms with Crippen molar-refractivity contribution < 1.29 is 4.39 Å². The van der Waals surface area contributed by atoms with Crippen LogP contribution in [0.15, 0.2) is 48.8 Å². The lowest BCUT2D eigenvalue weighted by Gasteiger charge is -2.47. The molecule has 1 aromatic carbocycles. The summed E-state index contributed by atoms with van der Waals surface area (Å²) >= 11 is 0. The molecule has 1 spiro atoms. The van der Waals surface area contributed by atoms with Gasteiger partial charge < -0.3 is 0 Å². The van der Waals surface area contributed by atoms with Gasteiger partial charge in [-0.05, 0) is 92.7 Å². The van der Waals surface area contributed by atoms with Gasteiger partial charge in [-0.1, -0.05) is 12.1 Å². The van der Waals surface area contributed by atoms with E-state index in [0.717, 1.165) is 31.7 Å². The van der Waals surface area contributed by atoms with Gasteiger partial charge in [0.05, 0.1) is 0 Å². The predicted octanol–water partition coefficient (Wildman–Crippen LogP) is 4.10. The monoisotopic (exact) mass is 353 g/mol. The number of likely N-dealkylation sites (tertiary alicyclic amines) is 2. The van der Waals surface area contributed by atoms with E-state index in [1.165, 1.54) is 50.4 Å². The number of rotatable bonds is 4. The van der Waals surface area contributed by atoms with Gasteiger partial charge in [-0.2, -0.15) is 0 Å². The predicted molar refractivity (Wildman–Crippen MR) is 102 cm³/mol. The van der Waals surface area contributed by atoms with Crippen molar-refractivity contribution >= 4 is 0 Å². The number of halogens is 1. The molecule has 0 aliphatic carbocycles. The number of hydrogen-bond acceptors (Lipinski definition) is 3. The maximum atomic E-state index is 13.4. The molecular weight excluding hydrogens is 325 g/mol. The number of hydrogen-bond donors (Lipinski definition) is 0. The second-order valence-electron chi connectivity index (χ2n) is 8.04. The van der Waals surface area contributed by atoms with E-state index in [4.69, 9.17) is 0 Å². The fraction of sp³-hybridized carbons (Fsp3) is 0.500. The Labute approximate surface area is 155 Å². The molecule has 0 radical (unpaired) electrons. The van der Waals surface area contributed by atoms with E-state index in [1.54, 1.807) is 6.07 Å². The molecule has 0 unspecified atom stereocenters. The van der Waals surface area contributed by atoms with Crippen molar-refractivity contribution in [2.45, 2.75) is 38.8 Å². The molecule has 26 heavy (non-hydrogen) atoms. The lowest BCUT2D eigenvalue weighted by Crippen LogP contribution is -2.46. The van der Waals surface area contributed by atoms with Gasteiger partial charge in [0.1, 0.15) is 5.82 Å². The molecule has 4 rings (SSSR count). The molecule has 0 amide bonds. The quantitative estimate of drug-likeness (QED) is 0.825. The lowest BCUT2D eigenvalue weighted by atomic mass is 9.71. The minimum Gasteiger partial charge on any atom is -0.299 e. The Morgan fingerprint density at radius 3 is 1.96 bits per heavy atom. The third-order valence-corrected chi connectivity index (χ3v) is 6.28. The minimum atomic E-state index is -0.127. The van der Waals surface area contributed by atoms with Crippen LogP contribution in [-0.4, -0.2) is 41.0 Å². The summed E-state index contributed by atoms with van der Waals surface area (Å²) in [5.41, 5.74) is 2.99. The Kier molecular flexibility index (Phi) is 5.32. The molecule has 2 saturated heterocycles. The SMILES string of the molecule is Fc1cccc(CN2CCC3(CCN(Cc4ccncc4)CC3)CC2)c1. The highest BCUT2D eigenvalue weighted by molar-refractivity contribution is 5.16. The Bertz CT molecular complexity index is 700. The Morgan fingerprint density at radius 2 is 1.38 bits per heavy atom. The van der Waals surface area contributed by atoms with Crippen LogP contribution >= 0.6 is 0 Å². The second kappa shape index (κ2) is 7.85. The highest BCUT2D eigenvalue weighted by Crippen LogP contribution is 2.41. The van der Waals surface area contributed by atoms with Crippen molar-refractivity contribution in [1.29, 1.82) is 0 Å². The molecule has 138 valence electrons. The molecule has 0 saturated carbocycles. The Morgan fingerprint density at radius 1 is 0.808 bits per heavy atom. The molecule has 0 N–H and O–H groups in total. The zero-order valence-electron chi connectivity index (χ0n) is 15.4.